The summed E-state index contributed by atoms with van der Waals surface area (Å²) in [6, 6.07) is 6.40. The van der Waals surface area contributed by atoms with Crippen molar-refractivity contribution in [2.75, 3.05) is 12.0 Å². The van der Waals surface area contributed by atoms with Crippen molar-refractivity contribution in [2.24, 2.45) is 0 Å². The Morgan fingerprint density at radius 2 is 1.77 bits per heavy atom. The maximum atomic E-state index is 11.5. The minimum Gasteiger partial charge on any atom is -0.477 e. The molecule has 118 valence electrons. The number of nitrogen functional groups attached to an aromatic ring is 1. The standard InChI is InChI=1S/C15H17NO4S2/c1-8(2)11-12(16)14(15(17)18)21-13(11)9-4-6-10(7-5-9)22(3,19)20/h4-8H,16H2,1-3H3,(H,17,18). The fourth-order valence-electron chi connectivity index (χ4n) is 2.26. The number of hydrogen-bond acceptors (Lipinski definition) is 5. The third-order valence-corrected chi connectivity index (χ3v) is 5.69. The zero-order valence-corrected chi connectivity index (χ0v) is 14.1. The molecule has 0 bridgehead atoms. The number of nitrogens with two attached hydrogens (primary N) is 1. The van der Waals surface area contributed by atoms with Crippen LogP contribution in [0.3, 0.4) is 0 Å². The summed E-state index contributed by atoms with van der Waals surface area (Å²) in [4.78, 5) is 12.4. The lowest BCUT2D eigenvalue weighted by Gasteiger charge is -2.09. The normalized spacial score (nSPS) is 11.8. The average molecular weight is 339 g/mol. The molecular weight excluding hydrogens is 322 g/mol. The van der Waals surface area contributed by atoms with Crippen molar-refractivity contribution in [3.63, 3.8) is 0 Å². The van der Waals surface area contributed by atoms with E-state index in [0.717, 1.165) is 33.6 Å². The zero-order chi connectivity index (χ0) is 16.7. The first-order chi connectivity index (χ1) is 10.1. The third kappa shape index (κ3) is 3.00. The SMILES string of the molecule is CC(C)c1c(-c2ccc(S(C)(=O)=O)cc2)sc(C(=O)O)c1N. The second kappa shape index (κ2) is 5.73. The van der Waals surface area contributed by atoms with Gasteiger partial charge in [-0.1, -0.05) is 26.0 Å². The molecule has 0 saturated carbocycles. The molecule has 5 nitrogen and oxygen atoms in total. The lowest BCUT2D eigenvalue weighted by Crippen LogP contribution is -2.00. The molecule has 0 fully saturated rings. The van der Waals surface area contributed by atoms with Gasteiger partial charge < -0.3 is 10.8 Å². The van der Waals surface area contributed by atoms with Crippen LogP contribution in [0.4, 0.5) is 5.69 Å². The highest BCUT2D eigenvalue weighted by atomic mass is 32.2. The Balaban J connectivity index is 2.62. The number of sulfone groups is 1. The molecule has 0 unspecified atom stereocenters. The van der Waals surface area contributed by atoms with Gasteiger partial charge in [-0.3, -0.25) is 0 Å². The van der Waals surface area contributed by atoms with Crippen LogP contribution in [-0.4, -0.2) is 25.7 Å². The third-order valence-electron chi connectivity index (χ3n) is 3.30. The number of carbonyl (C=O) groups is 1. The molecule has 1 aromatic heterocycles. The van der Waals surface area contributed by atoms with Gasteiger partial charge in [0.15, 0.2) is 9.84 Å². The molecule has 2 rings (SSSR count). The van der Waals surface area contributed by atoms with Crippen molar-refractivity contribution in [1.29, 1.82) is 0 Å². The number of carboxylic acid groups (broad SMARTS) is 1. The molecular formula is C15H17NO4S2. The van der Waals surface area contributed by atoms with Crippen molar-refractivity contribution in [1.82, 2.24) is 0 Å². The van der Waals surface area contributed by atoms with Crippen LogP contribution >= 0.6 is 11.3 Å². The van der Waals surface area contributed by atoms with E-state index in [1.807, 2.05) is 13.8 Å². The topological polar surface area (TPSA) is 97.5 Å². The Kier molecular flexibility index (Phi) is 4.30. The average Bonchev–Trinajstić information content (AvgIpc) is 2.75. The number of rotatable bonds is 4. The van der Waals surface area contributed by atoms with Gasteiger partial charge in [-0.05, 0) is 29.2 Å². The minimum absolute atomic E-state index is 0.0638. The van der Waals surface area contributed by atoms with Gasteiger partial charge >= 0.3 is 5.97 Å². The molecule has 0 amide bonds. The molecule has 3 N–H and O–H groups in total. The maximum Gasteiger partial charge on any atom is 0.348 e. The summed E-state index contributed by atoms with van der Waals surface area (Å²) in [5.41, 5.74) is 7.81. The highest BCUT2D eigenvalue weighted by Crippen LogP contribution is 2.42. The smallest absolute Gasteiger partial charge is 0.348 e. The molecule has 0 atom stereocenters. The highest BCUT2D eigenvalue weighted by Gasteiger charge is 2.23. The molecule has 1 aromatic carbocycles. The summed E-state index contributed by atoms with van der Waals surface area (Å²) in [6.07, 6.45) is 1.15. The second-order valence-corrected chi connectivity index (χ2v) is 8.38. The summed E-state index contributed by atoms with van der Waals surface area (Å²) in [5.74, 6) is -0.989. The van der Waals surface area contributed by atoms with Crippen LogP contribution in [0.15, 0.2) is 29.2 Å². The number of benzene rings is 1. The van der Waals surface area contributed by atoms with Crippen LogP contribution in [-0.2, 0) is 9.84 Å². The van der Waals surface area contributed by atoms with Crippen LogP contribution in [0.2, 0.25) is 0 Å². The van der Waals surface area contributed by atoms with E-state index in [1.165, 1.54) is 12.1 Å². The van der Waals surface area contributed by atoms with Gasteiger partial charge in [-0.15, -0.1) is 11.3 Å². The van der Waals surface area contributed by atoms with E-state index < -0.39 is 15.8 Å². The largest absolute Gasteiger partial charge is 0.477 e. The van der Waals surface area contributed by atoms with E-state index in [-0.39, 0.29) is 21.4 Å². The van der Waals surface area contributed by atoms with Gasteiger partial charge in [0.2, 0.25) is 0 Å². The molecule has 2 aromatic rings. The van der Waals surface area contributed by atoms with Crippen molar-refractivity contribution in [3.05, 3.63) is 34.7 Å². The van der Waals surface area contributed by atoms with Gasteiger partial charge in [-0.2, -0.15) is 0 Å². The number of anilines is 1. The highest BCUT2D eigenvalue weighted by molar-refractivity contribution is 7.90. The molecule has 1 heterocycles. The number of aromatic carboxylic acids is 1. The quantitative estimate of drug-likeness (QED) is 0.891. The van der Waals surface area contributed by atoms with E-state index in [4.69, 9.17) is 5.73 Å². The Hall–Kier alpha value is -1.86. The summed E-state index contributed by atoms with van der Waals surface area (Å²) < 4.78 is 23.0. The molecule has 22 heavy (non-hydrogen) atoms. The molecule has 0 aliphatic carbocycles. The van der Waals surface area contributed by atoms with Crippen LogP contribution in [0.5, 0.6) is 0 Å². The predicted molar refractivity (Wildman–Crippen MR) is 88.3 cm³/mol. The van der Waals surface area contributed by atoms with E-state index in [1.54, 1.807) is 12.1 Å². The van der Waals surface area contributed by atoms with E-state index >= 15 is 0 Å². The van der Waals surface area contributed by atoms with Crippen molar-refractivity contribution in [3.8, 4) is 10.4 Å². The van der Waals surface area contributed by atoms with Crippen LogP contribution < -0.4 is 5.73 Å². The molecule has 0 aliphatic rings. The fourth-order valence-corrected chi connectivity index (χ4v) is 4.11. The number of thiophene rings is 1. The fraction of sp³-hybridized carbons (Fsp3) is 0.267. The Labute approximate surface area is 133 Å². The van der Waals surface area contributed by atoms with Gasteiger partial charge in [0.25, 0.3) is 0 Å². The van der Waals surface area contributed by atoms with E-state index in [2.05, 4.69) is 0 Å². The summed E-state index contributed by atoms with van der Waals surface area (Å²) in [5, 5.41) is 9.23. The Morgan fingerprint density at radius 1 is 1.23 bits per heavy atom. The molecule has 0 radical (unpaired) electrons. The van der Waals surface area contributed by atoms with Crippen LogP contribution in [0.25, 0.3) is 10.4 Å². The van der Waals surface area contributed by atoms with Gasteiger partial charge in [0, 0.05) is 11.1 Å². The lowest BCUT2D eigenvalue weighted by molar-refractivity contribution is 0.0703. The molecule has 0 aliphatic heterocycles. The Morgan fingerprint density at radius 3 is 2.18 bits per heavy atom. The summed E-state index contributed by atoms with van der Waals surface area (Å²) in [7, 11) is -3.26. The summed E-state index contributed by atoms with van der Waals surface area (Å²) in [6.45, 7) is 3.89. The first kappa shape index (κ1) is 16.5. The Bertz CT molecular complexity index is 818. The van der Waals surface area contributed by atoms with Crippen LogP contribution in [0, 0.1) is 0 Å². The van der Waals surface area contributed by atoms with Crippen molar-refractivity contribution in [2.45, 2.75) is 24.7 Å². The van der Waals surface area contributed by atoms with E-state index in [0.29, 0.717) is 0 Å². The van der Waals surface area contributed by atoms with Gasteiger partial charge in [0.1, 0.15) is 4.88 Å². The monoisotopic (exact) mass is 339 g/mol. The van der Waals surface area contributed by atoms with E-state index in [9.17, 15) is 18.3 Å². The molecule has 7 heteroatoms. The second-order valence-electron chi connectivity index (χ2n) is 5.34. The van der Waals surface area contributed by atoms with Gasteiger partial charge in [-0.25, -0.2) is 13.2 Å². The number of hydrogen-bond donors (Lipinski definition) is 2. The predicted octanol–water partition coefficient (Wildman–Crippen LogP) is 3.22. The zero-order valence-electron chi connectivity index (χ0n) is 12.5. The first-order valence-electron chi connectivity index (χ1n) is 6.59. The molecule has 0 saturated heterocycles. The van der Waals surface area contributed by atoms with Gasteiger partial charge in [0.05, 0.1) is 10.6 Å². The maximum absolute atomic E-state index is 11.5. The van der Waals surface area contributed by atoms with Crippen molar-refractivity contribution < 1.29 is 18.3 Å². The lowest BCUT2D eigenvalue weighted by atomic mass is 9.98. The van der Waals surface area contributed by atoms with Crippen molar-refractivity contribution >= 4 is 32.8 Å². The number of carboxylic acids is 1. The van der Waals surface area contributed by atoms with Crippen LogP contribution in [0.1, 0.15) is 35.0 Å². The molecule has 0 spiro atoms. The minimum atomic E-state index is -3.26. The summed E-state index contributed by atoms with van der Waals surface area (Å²) >= 11 is 1.12. The first-order valence-corrected chi connectivity index (χ1v) is 9.29.